The van der Waals surface area contributed by atoms with Gasteiger partial charge < -0.3 is 24.4 Å². The highest BCUT2D eigenvalue weighted by atomic mass is 127. The molecule has 2 aromatic rings. The van der Waals surface area contributed by atoms with E-state index in [1.54, 1.807) is 0 Å². The van der Waals surface area contributed by atoms with E-state index >= 15 is 0 Å². The van der Waals surface area contributed by atoms with Gasteiger partial charge in [0.05, 0.1) is 22.5 Å². The van der Waals surface area contributed by atoms with Crippen molar-refractivity contribution >= 4 is 57.4 Å². The van der Waals surface area contributed by atoms with Crippen molar-refractivity contribution < 1.29 is 24.4 Å². The zero-order valence-electron chi connectivity index (χ0n) is 18.2. The van der Waals surface area contributed by atoms with Gasteiger partial charge in [0.2, 0.25) is 0 Å². The first-order chi connectivity index (χ1) is 15.0. The maximum Gasteiger partial charge on any atom is 0.156 e. The van der Waals surface area contributed by atoms with Crippen LogP contribution in [0.1, 0.15) is 31.9 Å². The summed E-state index contributed by atoms with van der Waals surface area (Å²) in [4.78, 5) is 0. The van der Waals surface area contributed by atoms with Crippen molar-refractivity contribution in [2.75, 3.05) is 25.7 Å². The fourth-order valence-electron chi connectivity index (χ4n) is 2.90. The molecule has 2 aromatic carbocycles. The Bertz CT molecular complexity index is 838. The molecule has 2 N–H and O–H groups in total. The average molecular weight is 618 g/mol. The van der Waals surface area contributed by atoms with E-state index in [0.29, 0.717) is 21.5 Å². The third kappa shape index (κ3) is 8.08. The highest BCUT2D eigenvalue weighted by Crippen LogP contribution is 2.40. The Balaban J connectivity index is 2.09. The van der Waals surface area contributed by atoms with Crippen LogP contribution in [0.4, 0.5) is 0 Å². The van der Waals surface area contributed by atoms with Crippen LogP contribution in [0.2, 0.25) is 10.0 Å². The smallest absolute Gasteiger partial charge is 0.156 e. The molecule has 0 aliphatic rings. The largest absolute Gasteiger partial charge is 0.491 e. The molecule has 5 nitrogen and oxygen atoms in total. The lowest BCUT2D eigenvalue weighted by Crippen LogP contribution is -2.24. The third-order valence-electron chi connectivity index (χ3n) is 4.85. The molecule has 3 atom stereocenters. The summed E-state index contributed by atoms with van der Waals surface area (Å²) in [6, 6.07) is 11.3. The molecule has 1 unspecified atom stereocenters. The molecule has 0 saturated carbocycles. The quantitative estimate of drug-likeness (QED) is 0.232. The summed E-state index contributed by atoms with van der Waals surface area (Å²) in [5, 5.41) is 20.3. The van der Waals surface area contributed by atoms with Crippen molar-refractivity contribution in [3.8, 4) is 11.5 Å². The summed E-state index contributed by atoms with van der Waals surface area (Å²) < 4.78 is 16.6. The first kappa shape index (κ1) is 27.8. The fraction of sp³-hybridized carbons (Fsp3) is 0.478. The second kappa shape index (κ2) is 12.8. The molecule has 178 valence electrons. The fourth-order valence-corrected chi connectivity index (χ4v) is 3.79. The highest BCUT2D eigenvalue weighted by molar-refractivity contribution is 14.1. The summed E-state index contributed by atoms with van der Waals surface area (Å²) >= 11 is 20.6. The van der Waals surface area contributed by atoms with Crippen LogP contribution in [0.3, 0.4) is 0 Å². The first-order valence-corrected chi connectivity index (χ1v) is 12.6. The van der Waals surface area contributed by atoms with Gasteiger partial charge in [0.25, 0.3) is 0 Å². The Labute approximate surface area is 218 Å². The van der Waals surface area contributed by atoms with Crippen molar-refractivity contribution in [3.05, 3.63) is 57.6 Å². The number of aliphatic hydroxyl groups is 2. The summed E-state index contributed by atoms with van der Waals surface area (Å²) in [5.41, 5.74) is 1.54. The second-order valence-corrected chi connectivity index (χ2v) is 10.8. The molecule has 9 heteroatoms. The van der Waals surface area contributed by atoms with E-state index in [1.807, 2.05) is 43.3 Å². The molecule has 0 bridgehead atoms. The minimum atomic E-state index is -0.802. The Hall–Kier alpha value is -0.480. The van der Waals surface area contributed by atoms with Gasteiger partial charge >= 0.3 is 0 Å². The Morgan fingerprint density at radius 1 is 0.906 bits per heavy atom. The number of ether oxygens (including phenoxy) is 3. The van der Waals surface area contributed by atoms with Gasteiger partial charge in [-0.15, -0.1) is 11.6 Å². The van der Waals surface area contributed by atoms with E-state index < -0.39 is 17.6 Å². The standard InChI is InChI=1S/C23H28Cl3IO5/c1-14(27)30-12-18(29)13-31-19-6-4-15(5-7-19)23(2,3)16-8-20(25)22(21(26)9-16)32-11-17(28)10-24/h4-9,14,17-18,28-29H,10-13H2,1-3H3/t14?,17-,18+/m0/s1. The van der Waals surface area contributed by atoms with Crippen LogP contribution in [0.5, 0.6) is 11.5 Å². The molecule has 2 rings (SSSR count). The SMILES string of the molecule is CC(I)OC[C@@H](O)COc1ccc(C(C)(C)c2cc(Cl)c(OC[C@@H](O)CCl)c(Cl)c2)cc1. The molecule has 0 aliphatic carbocycles. The maximum absolute atomic E-state index is 9.94. The zero-order valence-corrected chi connectivity index (χ0v) is 22.6. The van der Waals surface area contributed by atoms with E-state index in [9.17, 15) is 10.2 Å². The van der Waals surface area contributed by atoms with E-state index in [2.05, 4.69) is 36.4 Å². The molecule has 0 aromatic heterocycles. The number of hydrogen-bond acceptors (Lipinski definition) is 5. The molecule has 0 amide bonds. The molecule has 0 aliphatic heterocycles. The molecule has 0 radical (unpaired) electrons. The lowest BCUT2D eigenvalue weighted by atomic mass is 9.78. The molecule has 0 saturated heterocycles. The van der Waals surface area contributed by atoms with Crippen LogP contribution in [-0.4, -0.2) is 52.2 Å². The van der Waals surface area contributed by atoms with E-state index in [1.165, 1.54) is 0 Å². The Kier molecular flexibility index (Phi) is 11.1. The van der Waals surface area contributed by atoms with Crippen molar-refractivity contribution in [2.45, 2.75) is 42.5 Å². The van der Waals surface area contributed by atoms with Crippen molar-refractivity contribution in [2.24, 2.45) is 0 Å². The third-order valence-corrected chi connectivity index (χ3v) is 6.13. The normalized spacial score (nSPS) is 14.7. The number of hydrogen-bond donors (Lipinski definition) is 2. The molecular weight excluding hydrogens is 590 g/mol. The molecule has 0 spiro atoms. The van der Waals surface area contributed by atoms with Crippen molar-refractivity contribution in [3.63, 3.8) is 0 Å². The topological polar surface area (TPSA) is 68.2 Å². The number of halogens is 4. The average Bonchev–Trinajstić information content (AvgIpc) is 2.75. The zero-order chi connectivity index (χ0) is 23.9. The van der Waals surface area contributed by atoms with Crippen LogP contribution in [0.15, 0.2) is 36.4 Å². The predicted octanol–water partition coefficient (Wildman–Crippen LogP) is 5.84. The van der Waals surface area contributed by atoms with E-state index in [-0.39, 0.29) is 29.8 Å². The minimum absolute atomic E-state index is 0.00502. The van der Waals surface area contributed by atoms with Gasteiger partial charge in [-0.05, 0) is 42.3 Å². The number of rotatable bonds is 12. The van der Waals surface area contributed by atoms with Gasteiger partial charge in [0.15, 0.2) is 5.75 Å². The van der Waals surface area contributed by atoms with Gasteiger partial charge in [-0.2, -0.15) is 0 Å². The lowest BCUT2D eigenvalue weighted by molar-refractivity contribution is 0.0114. The van der Waals surface area contributed by atoms with E-state index in [4.69, 9.17) is 49.0 Å². The number of aliphatic hydroxyl groups excluding tert-OH is 2. The van der Waals surface area contributed by atoms with Gasteiger partial charge in [-0.25, -0.2) is 0 Å². The Morgan fingerprint density at radius 3 is 2.00 bits per heavy atom. The Morgan fingerprint density at radius 2 is 1.47 bits per heavy atom. The maximum atomic E-state index is 9.94. The molecule has 0 heterocycles. The van der Waals surface area contributed by atoms with Crippen molar-refractivity contribution in [1.29, 1.82) is 0 Å². The summed E-state index contributed by atoms with van der Waals surface area (Å²) in [7, 11) is 0. The van der Waals surface area contributed by atoms with Gasteiger partial charge in [0.1, 0.15) is 35.3 Å². The molecule has 32 heavy (non-hydrogen) atoms. The summed E-state index contributed by atoms with van der Waals surface area (Å²) in [5.74, 6) is 1.04. The van der Waals surface area contributed by atoms with Crippen molar-refractivity contribution in [1.82, 2.24) is 0 Å². The molecule has 0 fully saturated rings. The lowest BCUT2D eigenvalue weighted by Gasteiger charge is -2.27. The summed E-state index contributed by atoms with van der Waals surface area (Å²) in [6.45, 7) is 6.41. The highest BCUT2D eigenvalue weighted by Gasteiger charge is 2.26. The van der Waals surface area contributed by atoms with Gasteiger partial charge in [-0.1, -0.05) is 71.8 Å². The van der Waals surface area contributed by atoms with Crippen LogP contribution >= 0.6 is 57.4 Å². The van der Waals surface area contributed by atoms with E-state index in [0.717, 1.165) is 11.1 Å². The minimum Gasteiger partial charge on any atom is -0.491 e. The second-order valence-electron chi connectivity index (χ2n) is 7.88. The van der Waals surface area contributed by atoms with Crippen LogP contribution in [0, 0.1) is 0 Å². The number of alkyl halides is 2. The van der Waals surface area contributed by atoms with Crippen LogP contribution in [-0.2, 0) is 10.2 Å². The van der Waals surface area contributed by atoms with Crippen LogP contribution < -0.4 is 9.47 Å². The number of benzene rings is 2. The van der Waals surface area contributed by atoms with Gasteiger partial charge in [-0.3, -0.25) is 0 Å². The van der Waals surface area contributed by atoms with Crippen LogP contribution in [0.25, 0.3) is 0 Å². The van der Waals surface area contributed by atoms with Gasteiger partial charge in [0, 0.05) is 5.41 Å². The predicted molar refractivity (Wildman–Crippen MR) is 138 cm³/mol. The monoisotopic (exact) mass is 616 g/mol. The summed E-state index contributed by atoms with van der Waals surface area (Å²) in [6.07, 6.45) is -1.50. The first-order valence-electron chi connectivity index (χ1n) is 10.1. The molecular formula is C23H28Cl3IO5.